The Bertz CT molecular complexity index is 91.3. The Morgan fingerprint density at radius 3 is 2.88 bits per heavy atom. The summed E-state index contributed by atoms with van der Waals surface area (Å²) in [5.41, 5.74) is 1.90. The van der Waals surface area contributed by atoms with Crippen LogP contribution in [-0.4, -0.2) is 12.6 Å². The van der Waals surface area contributed by atoms with E-state index in [9.17, 15) is 4.79 Å². The van der Waals surface area contributed by atoms with Crippen molar-refractivity contribution in [2.75, 3.05) is 6.54 Å². The summed E-state index contributed by atoms with van der Waals surface area (Å²) < 4.78 is 0. The second-order valence-corrected chi connectivity index (χ2v) is 1.14. The highest BCUT2D eigenvalue weighted by molar-refractivity contribution is 5.73. The average molecular weight is 115 g/mol. The number of hydrogen-bond acceptors (Lipinski definition) is 2. The van der Waals surface area contributed by atoms with Crippen LogP contribution in [0.2, 0.25) is 0 Å². The van der Waals surface area contributed by atoms with Gasteiger partial charge in [-0.1, -0.05) is 6.08 Å². The molecule has 2 amide bonds. The van der Waals surface area contributed by atoms with E-state index in [4.69, 9.17) is 5.84 Å². The zero-order chi connectivity index (χ0) is 6.41. The van der Waals surface area contributed by atoms with Gasteiger partial charge >= 0.3 is 6.03 Å². The number of hydrazine groups is 1. The summed E-state index contributed by atoms with van der Waals surface area (Å²) in [5.74, 6) is 4.72. The molecule has 0 aliphatic heterocycles. The summed E-state index contributed by atoms with van der Waals surface area (Å²) >= 11 is 0. The minimum absolute atomic E-state index is 0.398. The van der Waals surface area contributed by atoms with Gasteiger partial charge in [0, 0.05) is 6.54 Å². The summed E-state index contributed by atoms with van der Waals surface area (Å²) in [4.78, 5) is 10.2. The van der Waals surface area contributed by atoms with Crippen LogP contribution in [-0.2, 0) is 0 Å². The second-order valence-electron chi connectivity index (χ2n) is 1.14. The van der Waals surface area contributed by atoms with Crippen LogP contribution in [0.4, 0.5) is 4.79 Å². The third-order valence-electron chi connectivity index (χ3n) is 0.538. The van der Waals surface area contributed by atoms with E-state index in [2.05, 4.69) is 11.9 Å². The standard InChI is InChI=1S/C4H9N3O/c1-2-3-6-4(8)7-5/h2H,1,3,5H2,(H2,6,7,8). The second kappa shape index (κ2) is 4.14. The zero-order valence-electron chi connectivity index (χ0n) is 4.48. The molecule has 0 aromatic rings. The lowest BCUT2D eigenvalue weighted by Crippen LogP contribution is -2.39. The highest BCUT2D eigenvalue weighted by Gasteiger charge is 1.88. The van der Waals surface area contributed by atoms with Crippen molar-refractivity contribution < 1.29 is 4.79 Å². The van der Waals surface area contributed by atoms with E-state index in [0.717, 1.165) is 0 Å². The summed E-state index contributed by atoms with van der Waals surface area (Å²) in [5, 5.41) is 2.39. The van der Waals surface area contributed by atoms with Gasteiger partial charge in [-0.2, -0.15) is 0 Å². The summed E-state index contributed by atoms with van der Waals surface area (Å²) in [7, 11) is 0. The van der Waals surface area contributed by atoms with E-state index in [1.54, 1.807) is 6.08 Å². The van der Waals surface area contributed by atoms with Gasteiger partial charge in [0.15, 0.2) is 0 Å². The lowest BCUT2D eigenvalue weighted by atomic mass is 10.6. The Morgan fingerprint density at radius 2 is 2.50 bits per heavy atom. The minimum atomic E-state index is -0.398. The maximum atomic E-state index is 10.2. The molecular formula is C4H9N3O. The molecule has 4 N–H and O–H groups in total. The molecule has 0 saturated heterocycles. The molecule has 0 aliphatic carbocycles. The van der Waals surface area contributed by atoms with Crippen molar-refractivity contribution in [1.82, 2.24) is 10.7 Å². The molecule has 0 atom stereocenters. The molecule has 0 heterocycles. The van der Waals surface area contributed by atoms with Gasteiger partial charge in [0.25, 0.3) is 0 Å². The molecule has 0 radical (unpaired) electrons. The van der Waals surface area contributed by atoms with Gasteiger partial charge < -0.3 is 5.32 Å². The van der Waals surface area contributed by atoms with Crippen LogP contribution in [0, 0.1) is 0 Å². The van der Waals surface area contributed by atoms with E-state index >= 15 is 0 Å². The van der Waals surface area contributed by atoms with Crippen molar-refractivity contribution in [3.05, 3.63) is 12.7 Å². The Labute approximate surface area is 47.7 Å². The predicted molar refractivity (Wildman–Crippen MR) is 30.9 cm³/mol. The topological polar surface area (TPSA) is 67.2 Å². The Hall–Kier alpha value is -1.03. The molecule has 0 unspecified atom stereocenters. The number of urea groups is 1. The summed E-state index contributed by atoms with van der Waals surface area (Å²) in [6, 6.07) is -0.398. The fraction of sp³-hybridized carbons (Fsp3) is 0.250. The fourth-order valence-corrected chi connectivity index (χ4v) is 0.216. The SMILES string of the molecule is C=CCNC(=O)NN. The number of hydrogen-bond donors (Lipinski definition) is 3. The monoisotopic (exact) mass is 115 g/mol. The van der Waals surface area contributed by atoms with Gasteiger partial charge in [-0.15, -0.1) is 6.58 Å². The van der Waals surface area contributed by atoms with Gasteiger partial charge in [0.2, 0.25) is 0 Å². The van der Waals surface area contributed by atoms with Crippen LogP contribution in [0.15, 0.2) is 12.7 Å². The summed E-state index contributed by atoms with van der Waals surface area (Å²) in [6.45, 7) is 3.82. The molecule has 0 saturated carbocycles. The highest BCUT2D eigenvalue weighted by atomic mass is 16.2. The van der Waals surface area contributed by atoms with Gasteiger partial charge in [-0.05, 0) is 0 Å². The first-order valence-electron chi connectivity index (χ1n) is 2.16. The Morgan fingerprint density at radius 1 is 1.88 bits per heavy atom. The molecule has 8 heavy (non-hydrogen) atoms. The van der Waals surface area contributed by atoms with Crippen molar-refractivity contribution in [3.8, 4) is 0 Å². The van der Waals surface area contributed by atoms with Crippen molar-refractivity contribution in [2.45, 2.75) is 0 Å². The van der Waals surface area contributed by atoms with Gasteiger partial charge in [0.05, 0.1) is 0 Å². The third-order valence-corrected chi connectivity index (χ3v) is 0.538. The molecule has 0 aliphatic rings. The lowest BCUT2D eigenvalue weighted by molar-refractivity contribution is 0.242. The number of carbonyl (C=O) groups excluding carboxylic acids is 1. The van der Waals surface area contributed by atoms with Crippen molar-refractivity contribution in [2.24, 2.45) is 5.84 Å². The van der Waals surface area contributed by atoms with E-state index in [1.165, 1.54) is 0 Å². The number of amides is 2. The molecule has 4 heteroatoms. The fourth-order valence-electron chi connectivity index (χ4n) is 0.216. The van der Waals surface area contributed by atoms with Gasteiger partial charge in [0.1, 0.15) is 0 Å². The highest BCUT2D eigenvalue weighted by Crippen LogP contribution is 1.59. The van der Waals surface area contributed by atoms with Gasteiger partial charge in [-0.3, -0.25) is 5.43 Å². The van der Waals surface area contributed by atoms with Crippen LogP contribution >= 0.6 is 0 Å². The van der Waals surface area contributed by atoms with Crippen LogP contribution in [0.5, 0.6) is 0 Å². The molecular weight excluding hydrogens is 106 g/mol. The van der Waals surface area contributed by atoms with Crippen LogP contribution in [0.1, 0.15) is 0 Å². The molecule has 0 rings (SSSR count). The first-order chi connectivity index (χ1) is 3.81. The Balaban J connectivity index is 3.11. The zero-order valence-corrected chi connectivity index (χ0v) is 4.48. The molecule has 4 nitrogen and oxygen atoms in total. The normalized spacial score (nSPS) is 7.62. The van der Waals surface area contributed by atoms with Crippen molar-refractivity contribution in [1.29, 1.82) is 0 Å². The molecule has 0 bridgehead atoms. The first-order valence-corrected chi connectivity index (χ1v) is 2.16. The minimum Gasteiger partial charge on any atom is -0.334 e. The van der Waals surface area contributed by atoms with E-state index in [0.29, 0.717) is 6.54 Å². The lowest BCUT2D eigenvalue weighted by Gasteiger charge is -1.96. The average Bonchev–Trinajstić information content (AvgIpc) is 1.83. The van der Waals surface area contributed by atoms with Crippen LogP contribution < -0.4 is 16.6 Å². The smallest absolute Gasteiger partial charge is 0.329 e. The third kappa shape index (κ3) is 3.17. The number of nitrogens with two attached hydrogens (primary N) is 1. The van der Waals surface area contributed by atoms with E-state index in [-0.39, 0.29) is 0 Å². The number of rotatable bonds is 2. The predicted octanol–water partition coefficient (Wildman–Crippen LogP) is -0.655. The van der Waals surface area contributed by atoms with E-state index in [1.807, 2.05) is 5.43 Å². The Kier molecular flexibility index (Phi) is 3.60. The first kappa shape index (κ1) is 6.97. The largest absolute Gasteiger partial charge is 0.334 e. The number of nitrogens with one attached hydrogen (secondary N) is 2. The quantitative estimate of drug-likeness (QED) is 0.194. The molecule has 0 aromatic carbocycles. The maximum Gasteiger partial charge on any atom is 0.329 e. The molecule has 0 aromatic heterocycles. The maximum absolute atomic E-state index is 10.2. The van der Waals surface area contributed by atoms with Crippen LogP contribution in [0.3, 0.4) is 0 Å². The molecule has 0 spiro atoms. The van der Waals surface area contributed by atoms with Crippen molar-refractivity contribution >= 4 is 6.03 Å². The van der Waals surface area contributed by atoms with Crippen LogP contribution in [0.25, 0.3) is 0 Å². The van der Waals surface area contributed by atoms with Crippen molar-refractivity contribution in [3.63, 3.8) is 0 Å². The molecule has 46 valence electrons. The van der Waals surface area contributed by atoms with E-state index < -0.39 is 6.03 Å². The number of carbonyl (C=O) groups is 1. The summed E-state index contributed by atoms with van der Waals surface area (Å²) in [6.07, 6.45) is 1.56. The molecule has 0 fully saturated rings. The van der Waals surface area contributed by atoms with Gasteiger partial charge in [-0.25, -0.2) is 10.6 Å².